The van der Waals surface area contributed by atoms with Crippen molar-refractivity contribution >= 4 is 22.7 Å². The van der Waals surface area contributed by atoms with Crippen LogP contribution in [0.25, 0.3) is 10.9 Å². The summed E-state index contributed by atoms with van der Waals surface area (Å²) in [5.41, 5.74) is 2.53. The van der Waals surface area contributed by atoms with Gasteiger partial charge in [0.15, 0.2) is 0 Å². The summed E-state index contributed by atoms with van der Waals surface area (Å²) in [7, 11) is 0. The van der Waals surface area contributed by atoms with E-state index >= 15 is 0 Å². The normalized spacial score (nSPS) is 11.2. The molecular weight excluding hydrogens is 244 g/mol. The van der Waals surface area contributed by atoms with E-state index in [2.05, 4.69) is 34.7 Å². The summed E-state index contributed by atoms with van der Waals surface area (Å²) < 4.78 is 0. The van der Waals surface area contributed by atoms with Gasteiger partial charge in [0.25, 0.3) is 0 Å². The SMILES string of the molecule is OCCCSCCNCc1c[nH]c2ccccc12. The first-order chi connectivity index (χ1) is 8.92. The molecule has 0 aliphatic carbocycles. The third-order valence-corrected chi connectivity index (χ3v) is 3.93. The number of H-pyrrole nitrogens is 1. The molecule has 4 heteroatoms. The minimum absolute atomic E-state index is 0.301. The van der Waals surface area contributed by atoms with Gasteiger partial charge >= 0.3 is 0 Å². The smallest absolute Gasteiger partial charge is 0.0457 e. The Labute approximate surface area is 112 Å². The molecule has 0 radical (unpaired) electrons. The Bertz CT molecular complexity index is 470. The van der Waals surface area contributed by atoms with Gasteiger partial charge in [0.05, 0.1) is 0 Å². The van der Waals surface area contributed by atoms with Crippen LogP contribution in [0.1, 0.15) is 12.0 Å². The second-order valence-electron chi connectivity index (χ2n) is 4.23. The molecule has 1 heterocycles. The van der Waals surface area contributed by atoms with E-state index in [1.807, 2.05) is 17.8 Å². The molecule has 0 unspecified atom stereocenters. The van der Waals surface area contributed by atoms with E-state index in [0.29, 0.717) is 6.61 Å². The zero-order valence-electron chi connectivity index (χ0n) is 10.5. The fourth-order valence-electron chi connectivity index (χ4n) is 1.91. The maximum Gasteiger partial charge on any atom is 0.0457 e. The molecule has 1 aromatic heterocycles. The van der Waals surface area contributed by atoms with Gasteiger partial charge in [-0.3, -0.25) is 0 Å². The maximum atomic E-state index is 8.66. The van der Waals surface area contributed by atoms with Crippen molar-refractivity contribution in [1.82, 2.24) is 10.3 Å². The van der Waals surface area contributed by atoms with Crippen molar-refractivity contribution in [3.8, 4) is 0 Å². The van der Waals surface area contributed by atoms with Crippen LogP contribution in [0.3, 0.4) is 0 Å². The standard InChI is InChI=1S/C14H20N2OS/c17-7-3-8-18-9-6-15-10-12-11-16-14-5-2-1-4-13(12)14/h1-2,4-5,11,15-17H,3,6-10H2. The van der Waals surface area contributed by atoms with Gasteiger partial charge in [-0.25, -0.2) is 0 Å². The molecule has 0 spiro atoms. The fourth-order valence-corrected chi connectivity index (χ4v) is 2.74. The average Bonchev–Trinajstić information content (AvgIpc) is 2.81. The molecule has 0 bridgehead atoms. The van der Waals surface area contributed by atoms with Gasteiger partial charge in [-0.1, -0.05) is 18.2 Å². The molecule has 0 saturated heterocycles. The summed E-state index contributed by atoms with van der Waals surface area (Å²) in [6, 6.07) is 8.38. The molecule has 2 rings (SSSR count). The first-order valence-corrected chi connectivity index (χ1v) is 7.51. The Morgan fingerprint density at radius 2 is 2.11 bits per heavy atom. The molecule has 0 saturated carbocycles. The lowest BCUT2D eigenvalue weighted by Gasteiger charge is -2.03. The predicted molar refractivity (Wildman–Crippen MR) is 79.0 cm³/mol. The number of nitrogens with one attached hydrogen (secondary N) is 2. The van der Waals surface area contributed by atoms with Crippen LogP contribution in [0.2, 0.25) is 0 Å². The molecular formula is C14H20N2OS. The molecule has 0 fully saturated rings. The number of hydrogen-bond donors (Lipinski definition) is 3. The number of benzene rings is 1. The molecule has 3 N–H and O–H groups in total. The highest BCUT2D eigenvalue weighted by Crippen LogP contribution is 2.17. The van der Waals surface area contributed by atoms with Gasteiger partial charge in [0.1, 0.15) is 0 Å². The van der Waals surface area contributed by atoms with E-state index in [1.54, 1.807) is 0 Å². The number of aliphatic hydroxyl groups excluding tert-OH is 1. The molecule has 1 aromatic carbocycles. The van der Waals surface area contributed by atoms with Gasteiger partial charge < -0.3 is 15.4 Å². The van der Waals surface area contributed by atoms with Gasteiger partial charge in [-0.05, 0) is 23.8 Å². The highest BCUT2D eigenvalue weighted by molar-refractivity contribution is 7.99. The third-order valence-electron chi connectivity index (χ3n) is 2.86. The number of thioether (sulfide) groups is 1. The van der Waals surface area contributed by atoms with Crippen LogP contribution in [0.15, 0.2) is 30.5 Å². The summed E-state index contributed by atoms with van der Waals surface area (Å²) >= 11 is 1.89. The van der Waals surface area contributed by atoms with E-state index in [0.717, 1.165) is 31.0 Å². The third kappa shape index (κ3) is 3.77. The lowest BCUT2D eigenvalue weighted by Crippen LogP contribution is -2.16. The maximum absolute atomic E-state index is 8.66. The minimum atomic E-state index is 0.301. The minimum Gasteiger partial charge on any atom is -0.396 e. The van der Waals surface area contributed by atoms with Crippen molar-refractivity contribution in [2.45, 2.75) is 13.0 Å². The molecule has 0 aliphatic heterocycles. The number of hydrogen-bond acceptors (Lipinski definition) is 3. The van der Waals surface area contributed by atoms with E-state index < -0.39 is 0 Å². The molecule has 2 aromatic rings. The van der Waals surface area contributed by atoms with Crippen LogP contribution in [-0.4, -0.2) is 34.7 Å². The van der Waals surface area contributed by atoms with Crippen molar-refractivity contribution in [1.29, 1.82) is 0 Å². The molecule has 18 heavy (non-hydrogen) atoms. The second-order valence-corrected chi connectivity index (χ2v) is 5.45. The van der Waals surface area contributed by atoms with Crippen LogP contribution in [0.5, 0.6) is 0 Å². The summed E-state index contributed by atoms with van der Waals surface area (Å²) in [5.74, 6) is 2.15. The number of fused-ring (bicyclic) bond motifs is 1. The topological polar surface area (TPSA) is 48.0 Å². The van der Waals surface area contributed by atoms with Crippen molar-refractivity contribution in [2.75, 3.05) is 24.7 Å². The second kappa shape index (κ2) is 7.46. The van der Waals surface area contributed by atoms with E-state index in [1.165, 1.54) is 16.5 Å². The van der Waals surface area contributed by atoms with Gasteiger partial charge in [0.2, 0.25) is 0 Å². The lowest BCUT2D eigenvalue weighted by atomic mass is 10.2. The largest absolute Gasteiger partial charge is 0.396 e. The Kier molecular flexibility index (Phi) is 5.58. The van der Waals surface area contributed by atoms with Gasteiger partial charge in [-0.2, -0.15) is 11.8 Å². The highest BCUT2D eigenvalue weighted by Gasteiger charge is 2.01. The molecule has 98 valence electrons. The summed E-state index contributed by atoms with van der Waals surface area (Å²) in [6.45, 7) is 2.22. The summed E-state index contributed by atoms with van der Waals surface area (Å²) in [4.78, 5) is 3.28. The Hall–Kier alpha value is -0.970. The van der Waals surface area contributed by atoms with Crippen molar-refractivity contribution in [3.63, 3.8) is 0 Å². The average molecular weight is 264 g/mol. The van der Waals surface area contributed by atoms with E-state index in [4.69, 9.17) is 5.11 Å². The van der Waals surface area contributed by atoms with Crippen molar-refractivity contribution in [3.05, 3.63) is 36.0 Å². The first-order valence-electron chi connectivity index (χ1n) is 6.36. The van der Waals surface area contributed by atoms with Crippen LogP contribution < -0.4 is 5.32 Å². The van der Waals surface area contributed by atoms with Gasteiger partial charge in [-0.15, -0.1) is 0 Å². The predicted octanol–water partition coefficient (Wildman–Crippen LogP) is 2.37. The highest BCUT2D eigenvalue weighted by atomic mass is 32.2. The Morgan fingerprint density at radius 1 is 1.22 bits per heavy atom. The molecule has 0 aliphatic rings. The van der Waals surface area contributed by atoms with Crippen molar-refractivity contribution in [2.24, 2.45) is 0 Å². The fraction of sp³-hybridized carbons (Fsp3) is 0.429. The monoisotopic (exact) mass is 264 g/mol. The Morgan fingerprint density at radius 3 is 3.00 bits per heavy atom. The lowest BCUT2D eigenvalue weighted by molar-refractivity contribution is 0.296. The number of aromatic amines is 1. The molecule has 0 amide bonds. The van der Waals surface area contributed by atoms with Gasteiger partial charge in [0, 0.05) is 42.5 Å². The van der Waals surface area contributed by atoms with Crippen LogP contribution in [-0.2, 0) is 6.54 Å². The number of para-hydroxylation sites is 1. The number of rotatable bonds is 8. The molecule has 0 atom stereocenters. The van der Waals surface area contributed by atoms with Crippen LogP contribution in [0, 0.1) is 0 Å². The van der Waals surface area contributed by atoms with E-state index in [-0.39, 0.29) is 0 Å². The zero-order valence-corrected chi connectivity index (χ0v) is 11.3. The van der Waals surface area contributed by atoms with Crippen molar-refractivity contribution < 1.29 is 5.11 Å². The van der Waals surface area contributed by atoms with Crippen LogP contribution in [0.4, 0.5) is 0 Å². The Balaban J connectivity index is 1.70. The quantitative estimate of drug-likeness (QED) is 0.642. The molecule has 3 nitrogen and oxygen atoms in total. The summed E-state index contributed by atoms with van der Waals surface area (Å²) in [6.07, 6.45) is 2.98. The summed E-state index contributed by atoms with van der Waals surface area (Å²) in [5, 5.41) is 13.4. The zero-order chi connectivity index (χ0) is 12.6. The number of aliphatic hydroxyl groups is 1. The van der Waals surface area contributed by atoms with E-state index in [9.17, 15) is 0 Å². The van der Waals surface area contributed by atoms with Crippen LogP contribution >= 0.6 is 11.8 Å². The number of aromatic nitrogens is 1. The first kappa shape index (κ1) is 13.5.